The van der Waals surface area contributed by atoms with E-state index in [9.17, 15) is 14.8 Å². The number of carbonyl (C=O) groups is 1. The number of carbonyl (C=O) groups excluding carboxylic acids is 1. The van der Waals surface area contributed by atoms with Crippen LogP contribution in [0.5, 0.6) is 0 Å². The van der Waals surface area contributed by atoms with Crippen molar-refractivity contribution in [3.05, 3.63) is 73.7 Å². The predicted molar refractivity (Wildman–Crippen MR) is 97.1 cm³/mol. The number of fused-ring (bicyclic) bond motifs is 1. The highest BCUT2D eigenvalue weighted by Crippen LogP contribution is 2.26. The Labute approximate surface area is 153 Å². The second-order valence-electron chi connectivity index (χ2n) is 5.87. The Morgan fingerprint density at radius 1 is 1.19 bits per heavy atom. The van der Waals surface area contributed by atoms with Crippen molar-refractivity contribution in [2.45, 2.75) is 13.8 Å². The van der Waals surface area contributed by atoms with Gasteiger partial charge in [0.2, 0.25) is 0 Å². The summed E-state index contributed by atoms with van der Waals surface area (Å²) in [6, 6.07) is 8.80. The van der Waals surface area contributed by atoms with Gasteiger partial charge in [-0.2, -0.15) is 5.23 Å². The fourth-order valence-corrected chi connectivity index (χ4v) is 2.82. The molecule has 1 amide bonds. The molecule has 0 bridgehead atoms. The van der Waals surface area contributed by atoms with E-state index in [4.69, 9.17) is 21.2 Å². The first-order valence-corrected chi connectivity index (χ1v) is 8.03. The Bertz CT molecular complexity index is 1080. The third-order valence-electron chi connectivity index (χ3n) is 4.00. The standard InChI is InChI=1S/C18H15ClN2O5/c1-9-6-17(22)26-16-5-10(2)14(8-12(9)16)20-18(23)11-3-4-13(19)15(7-11)21(24)25/h3-8,21,24H,1-2H3,(H,20,23). The van der Waals surface area contributed by atoms with Crippen LogP contribution in [0.25, 0.3) is 11.0 Å². The van der Waals surface area contributed by atoms with Crippen LogP contribution in [-0.2, 0) is 0 Å². The van der Waals surface area contributed by atoms with Crippen LogP contribution in [0, 0.1) is 19.1 Å². The first-order chi connectivity index (χ1) is 12.3. The van der Waals surface area contributed by atoms with Crippen molar-refractivity contribution in [2.24, 2.45) is 0 Å². The number of benzene rings is 2. The van der Waals surface area contributed by atoms with Crippen LogP contribution < -0.4 is 16.2 Å². The zero-order chi connectivity index (χ0) is 19.0. The van der Waals surface area contributed by atoms with Crippen LogP contribution in [-0.4, -0.2) is 11.1 Å². The molecule has 3 aromatic rings. The molecule has 1 atom stereocenters. The molecule has 26 heavy (non-hydrogen) atoms. The third kappa shape index (κ3) is 3.47. The number of nitrogens with one attached hydrogen (secondary N) is 2. The van der Waals surface area contributed by atoms with Crippen LogP contribution in [0.15, 0.2) is 45.6 Å². The summed E-state index contributed by atoms with van der Waals surface area (Å²) >= 11 is 5.83. The van der Waals surface area contributed by atoms with Crippen LogP contribution >= 0.6 is 11.6 Å². The molecule has 0 aliphatic heterocycles. The highest BCUT2D eigenvalue weighted by atomic mass is 35.5. The Kier molecular flexibility index (Phi) is 4.80. The molecular formula is C18H15ClN2O5. The van der Waals surface area contributed by atoms with Crippen molar-refractivity contribution >= 4 is 39.9 Å². The lowest BCUT2D eigenvalue weighted by molar-refractivity contribution is -0.991. The van der Waals surface area contributed by atoms with E-state index < -0.39 is 16.8 Å². The Hall–Kier alpha value is -2.71. The van der Waals surface area contributed by atoms with E-state index in [0.717, 1.165) is 5.56 Å². The minimum absolute atomic E-state index is 0.0570. The van der Waals surface area contributed by atoms with Gasteiger partial charge in [0.05, 0.1) is 0 Å². The molecule has 3 rings (SSSR count). The normalized spacial score (nSPS) is 12.2. The molecule has 134 valence electrons. The molecular weight excluding hydrogens is 360 g/mol. The maximum Gasteiger partial charge on any atom is 0.336 e. The second-order valence-corrected chi connectivity index (χ2v) is 6.27. The number of quaternary nitrogens is 1. The molecule has 3 N–H and O–H groups in total. The van der Waals surface area contributed by atoms with Gasteiger partial charge >= 0.3 is 5.63 Å². The monoisotopic (exact) mass is 374 g/mol. The van der Waals surface area contributed by atoms with Crippen LogP contribution in [0.4, 0.5) is 11.4 Å². The highest BCUT2D eigenvalue weighted by molar-refractivity contribution is 6.32. The lowest BCUT2D eigenvalue weighted by Crippen LogP contribution is -2.99. The molecule has 7 nitrogen and oxygen atoms in total. The van der Waals surface area contributed by atoms with Gasteiger partial charge < -0.3 is 14.9 Å². The van der Waals surface area contributed by atoms with Crippen molar-refractivity contribution in [3.63, 3.8) is 0 Å². The molecule has 8 heteroatoms. The molecule has 1 aromatic heterocycles. The molecule has 0 aliphatic carbocycles. The number of aryl methyl sites for hydroxylation is 2. The number of hydrogen-bond acceptors (Lipinski definition) is 5. The average Bonchev–Trinajstić information content (AvgIpc) is 2.56. The maximum atomic E-state index is 12.5. The summed E-state index contributed by atoms with van der Waals surface area (Å²) in [4.78, 5) is 24.0. The van der Waals surface area contributed by atoms with E-state index in [2.05, 4.69) is 5.32 Å². The Morgan fingerprint density at radius 3 is 2.62 bits per heavy atom. The molecule has 0 saturated heterocycles. The molecule has 1 unspecified atom stereocenters. The maximum absolute atomic E-state index is 12.5. The lowest BCUT2D eigenvalue weighted by atomic mass is 10.1. The summed E-state index contributed by atoms with van der Waals surface area (Å²) in [5.74, 6) is -0.471. The molecule has 0 spiro atoms. The summed E-state index contributed by atoms with van der Waals surface area (Å²) in [6.07, 6.45) is 0. The number of anilines is 1. The van der Waals surface area contributed by atoms with Gasteiger partial charge in [-0.15, -0.1) is 0 Å². The predicted octanol–water partition coefficient (Wildman–Crippen LogP) is 2.72. The van der Waals surface area contributed by atoms with Gasteiger partial charge in [0.1, 0.15) is 10.6 Å². The topological polar surface area (TPSA) is 107 Å². The smallest absolute Gasteiger partial charge is 0.336 e. The quantitative estimate of drug-likeness (QED) is 0.482. The van der Waals surface area contributed by atoms with Crippen molar-refractivity contribution in [1.29, 1.82) is 0 Å². The Balaban J connectivity index is 1.98. The van der Waals surface area contributed by atoms with Gasteiger partial charge in [0, 0.05) is 28.8 Å². The van der Waals surface area contributed by atoms with Crippen molar-refractivity contribution < 1.29 is 19.6 Å². The lowest BCUT2D eigenvalue weighted by Gasteiger charge is -2.15. The van der Waals surface area contributed by atoms with Crippen LogP contribution in [0.3, 0.4) is 0 Å². The third-order valence-corrected chi connectivity index (χ3v) is 4.33. The summed E-state index contributed by atoms with van der Waals surface area (Å²) < 4.78 is 5.17. The molecule has 0 fully saturated rings. The molecule has 0 saturated carbocycles. The largest absolute Gasteiger partial charge is 0.595 e. The minimum atomic E-state index is -1.21. The van der Waals surface area contributed by atoms with E-state index >= 15 is 0 Å². The van der Waals surface area contributed by atoms with Crippen molar-refractivity contribution in [3.8, 4) is 0 Å². The first-order valence-electron chi connectivity index (χ1n) is 7.65. The average molecular weight is 375 g/mol. The number of halogens is 1. The van der Waals surface area contributed by atoms with Crippen molar-refractivity contribution in [2.75, 3.05) is 5.32 Å². The summed E-state index contributed by atoms with van der Waals surface area (Å²) in [5.41, 5.74) is 1.98. The van der Waals surface area contributed by atoms with Gasteiger partial charge in [0.25, 0.3) is 5.91 Å². The van der Waals surface area contributed by atoms with Gasteiger partial charge in [-0.25, -0.2) is 10.0 Å². The number of rotatable bonds is 3. The van der Waals surface area contributed by atoms with E-state index in [1.54, 1.807) is 26.0 Å². The number of hydrogen-bond donors (Lipinski definition) is 3. The zero-order valence-electron chi connectivity index (χ0n) is 13.9. The van der Waals surface area contributed by atoms with E-state index in [1.807, 2.05) is 0 Å². The van der Waals surface area contributed by atoms with Crippen LogP contribution in [0.1, 0.15) is 21.5 Å². The fourth-order valence-electron chi connectivity index (χ4n) is 2.63. The molecule has 0 aliphatic rings. The second kappa shape index (κ2) is 6.89. The van der Waals surface area contributed by atoms with E-state index in [1.165, 1.54) is 24.3 Å². The first kappa shape index (κ1) is 18.1. The Morgan fingerprint density at radius 2 is 1.92 bits per heavy atom. The highest BCUT2D eigenvalue weighted by Gasteiger charge is 2.15. The number of amides is 1. The summed E-state index contributed by atoms with van der Waals surface area (Å²) in [7, 11) is 0. The van der Waals surface area contributed by atoms with E-state index in [0.29, 0.717) is 22.2 Å². The van der Waals surface area contributed by atoms with Gasteiger partial charge in [-0.05, 0) is 49.2 Å². The SMILES string of the molecule is Cc1cc2oc(=O)cc(C)c2cc1NC(=O)c1ccc(Cl)c([NH+]([O-])O)c1. The fraction of sp³-hybridized carbons (Fsp3) is 0.111. The summed E-state index contributed by atoms with van der Waals surface area (Å²) in [5, 5.41) is 22.6. The van der Waals surface area contributed by atoms with Crippen molar-refractivity contribution in [1.82, 2.24) is 0 Å². The van der Waals surface area contributed by atoms with Crippen LogP contribution in [0.2, 0.25) is 5.02 Å². The van der Waals surface area contributed by atoms with Gasteiger partial charge in [-0.3, -0.25) is 4.79 Å². The molecule has 0 radical (unpaired) electrons. The van der Waals surface area contributed by atoms with Gasteiger partial charge in [0.15, 0.2) is 5.69 Å². The molecule has 2 aromatic carbocycles. The van der Waals surface area contributed by atoms with Gasteiger partial charge in [-0.1, -0.05) is 11.6 Å². The summed E-state index contributed by atoms with van der Waals surface area (Å²) in [6.45, 7) is 3.54. The zero-order valence-corrected chi connectivity index (χ0v) is 14.7. The molecule has 1 heterocycles. The van der Waals surface area contributed by atoms with E-state index in [-0.39, 0.29) is 16.3 Å². The minimum Gasteiger partial charge on any atom is -0.595 e.